The molecule has 6 aromatic carbocycles. The molecule has 0 heterocycles. The smallest absolute Gasteiger partial charge is 0.119 e. The second-order valence-corrected chi connectivity index (χ2v) is 7.36. The van der Waals surface area contributed by atoms with Gasteiger partial charge in [0.15, 0.2) is 0 Å². The van der Waals surface area contributed by atoms with E-state index in [0.717, 1.165) is 5.75 Å². The topological polar surface area (TPSA) is 9.23 Å². The van der Waals surface area contributed by atoms with Crippen LogP contribution in [0.2, 0.25) is 0 Å². The van der Waals surface area contributed by atoms with Gasteiger partial charge in [0.2, 0.25) is 0 Å². The van der Waals surface area contributed by atoms with Gasteiger partial charge >= 0.3 is 0 Å². The van der Waals surface area contributed by atoms with Gasteiger partial charge in [-0.25, -0.2) is 0 Å². The van der Waals surface area contributed by atoms with Crippen molar-refractivity contribution in [1.82, 2.24) is 0 Å². The molecule has 0 radical (unpaired) electrons. The Morgan fingerprint density at radius 1 is 0.429 bits per heavy atom. The van der Waals surface area contributed by atoms with E-state index in [1.807, 2.05) is 6.07 Å². The summed E-state index contributed by atoms with van der Waals surface area (Å²) in [6.45, 7) is 0. The van der Waals surface area contributed by atoms with Crippen LogP contribution >= 0.6 is 0 Å². The molecule has 0 amide bonds. The highest BCUT2D eigenvalue weighted by Gasteiger charge is 2.09. The Hall–Kier alpha value is -3.58. The van der Waals surface area contributed by atoms with Gasteiger partial charge in [0.25, 0.3) is 0 Å². The van der Waals surface area contributed by atoms with E-state index in [0.29, 0.717) is 0 Å². The molecule has 0 bridgehead atoms. The van der Waals surface area contributed by atoms with Crippen LogP contribution in [0.5, 0.6) is 5.75 Å². The lowest BCUT2D eigenvalue weighted by Crippen LogP contribution is -1.85. The molecule has 0 saturated heterocycles. The second-order valence-electron chi connectivity index (χ2n) is 7.36. The molecule has 0 unspecified atom stereocenters. The van der Waals surface area contributed by atoms with Gasteiger partial charge in [0.05, 0.1) is 7.11 Å². The summed E-state index contributed by atoms with van der Waals surface area (Å²) in [5.74, 6) is 0.894. The summed E-state index contributed by atoms with van der Waals surface area (Å²) in [5, 5.41) is 12.9. The molecule has 132 valence electrons. The zero-order valence-corrected chi connectivity index (χ0v) is 15.6. The summed E-state index contributed by atoms with van der Waals surface area (Å²) >= 11 is 0. The SMILES string of the molecule is COc1ccc2c(ccc3c2ccc2c4ccc5ccccc5c4ccc32)c1. The molecule has 0 saturated carbocycles. The standard InChI is InChI=1S/C27H18O/c1-28-19-8-11-21-18(16-19)7-10-25-23(21)13-15-26-24-9-6-17-4-2-3-5-20(17)22(24)12-14-27(25)26/h2-16H,1H3. The van der Waals surface area contributed by atoms with Crippen molar-refractivity contribution in [3.8, 4) is 5.75 Å². The normalized spacial score (nSPS) is 11.8. The Labute approximate surface area is 162 Å². The molecule has 6 rings (SSSR count). The molecular formula is C27H18O. The van der Waals surface area contributed by atoms with Gasteiger partial charge in [0.1, 0.15) is 5.75 Å². The van der Waals surface area contributed by atoms with Crippen molar-refractivity contribution in [1.29, 1.82) is 0 Å². The zero-order chi connectivity index (χ0) is 18.7. The maximum atomic E-state index is 5.39. The van der Waals surface area contributed by atoms with Crippen LogP contribution in [0.1, 0.15) is 0 Å². The van der Waals surface area contributed by atoms with E-state index in [9.17, 15) is 0 Å². The van der Waals surface area contributed by atoms with Gasteiger partial charge < -0.3 is 4.74 Å². The molecule has 0 aromatic heterocycles. The molecule has 0 N–H and O–H groups in total. The third-order valence-electron chi connectivity index (χ3n) is 5.94. The number of fused-ring (bicyclic) bond motifs is 9. The Balaban J connectivity index is 1.74. The van der Waals surface area contributed by atoms with Crippen LogP contribution in [0.25, 0.3) is 53.9 Å². The first-order chi connectivity index (χ1) is 13.8. The molecule has 0 aliphatic rings. The number of ether oxygens (including phenoxy) is 1. The van der Waals surface area contributed by atoms with Gasteiger partial charge in [-0.05, 0) is 66.0 Å². The van der Waals surface area contributed by atoms with E-state index in [4.69, 9.17) is 4.74 Å². The average Bonchev–Trinajstić information content (AvgIpc) is 2.77. The van der Waals surface area contributed by atoms with Crippen molar-refractivity contribution in [2.75, 3.05) is 7.11 Å². The lowest BCUT2D eigenvalue weighted by Gasteiger charge is -2.12. The molecule has 6 aromatic rings. The third-order valence-corrected chi connectivity index (χ3v) is 5.94. The predicted octanol–water partition coefficient (Wildman–Crippen LogP) is 7.46. The highest BCUT2D eigenvalue weighted by atomic mass is 16.5. The minimum Gasteiger partial charge on any atom is -0.497 e. The minimum absolute atomic E-state index is 0.894. The molecule has 1 heteroatoms. The van der Waals surface area contributed by atoms with Gasteiger partial charge in [-0.2, -0.15) is 0 Å². The maximum Gasteiger partial charge on any atom is 0.119 e. The molecule has 0 atom stereocenters. The molecule has 0 fully saturated rings. The number of hydrogen-bond acceptors (Lipinski definition) is 1. The fourth-order valence-corrected chi connectivity index (χ4v) is 4.57. The van der Waals surface area contributed by atoms with Crippen LogP contribution in [0.3, 0.4) is 0 Å². The zero-order valence-electron chi connectivity index (χ0n) is 15.6. The van der Waals surface area contributed by atoms with E-state index in [1.165, 1.54) is 53.9 Å². The third kappa shape index (κ3) is 2.07. The summed E-state index contributed by atoms with van der Waals surface area (Å²) < 4.78 is 5.39. The van der Waals surface area contributed by atoms with Gasteiger partial charge in [0, 0.05) is 0 Å². The van der Waals surface area contributed by atoms with Crippen LogP contribution in [0.15, 0.2) is 91.0 Å². The average molecular weight is 358 g/mol. The summed E-state index contributed by atoms with van der Waals surface area (Å²) in [4.78, 5) is 0. The Morgan fingerprint density at radius 2 is 0.893 bits per heavy atom. The van der Waals surface area contributed by atoms with Crippen molar-refractivity contribution < 1.29 is 4.74 Å². The minimum atomic E-state index is 0.894. The van der Waals surface area contributed by atoms with E-state index in [-0.39, 0.29) is 0 Å². The number of hydrogen-bond donors (Lipinski definition) is 0. The fraction of sp³-hybridized carbons (Fsp3) is 0.0370. The Morgan fingerprint density at radius 3 is 1.54 bits per heavy atom. The Kier molecular flexibility index (Phi) is 3.15. The van der Waals surface area contributed by atoms with Crippen molar-refractivity contribution in [3.05, 3.63) is 91.0 Å². The maximum absolute atomic E-state index is 5.39. The van der Waals surface area contributed by atoms with Gasteiger partial charge in [-0.1, -0.05) is 78.9 Å². The van der Waals surface area contributed by atoms with Gasteiger partial charge in [-0.15, -0.1) is 0 Å². The van der Waals surface area contributed by atoms with Crippen LogP contribution < -0.4 is 4.74 Å². The quantitative estimate of drug-likeness (QED) is 0.277. The van der Waals surface area contributed by atoms with E-state index in [2.05, 4.69) is 84.9 Å². The summed E-state index contributed by atoms with van der Waals surface area (Å²) in [6.07, 6.45) is 0. The van der Waals surface area contributed by atoms with Crippen LogP contribution in [-0.4, -0.2) is 7.11 Å². The van der Waals surface area contributed by atoms with E-state index in [1.54, 1.807) is 7.11 Å². The molecular weight excluding hydrogens is 340 g/mol. The monoisotopic (exact) mass is 358 g/mol. The molecule has 1 nitrogen and oxygen atoms in total. The van der Waals surface area contributed by atoms with E-state index >= 15 is 0 Å². The molecule has 0 aliphatic heterocycles. The summed E-state index contributed by atoms with van der Waals surface area (Å²) in [5.41, 5.74) is 0. The van der Waals surface area contributed by atoms with Gasteiger partial charge in [-0.3, -0.25) is 0 Å². The summed E-state index contributed by atoms with van der Waals surface area (Å²) in [6, 6.07) is 32.9. The lowest BCUT2D eigenvalue weighted by molar-refractivity contribution is 0.415. The van der Waals surface area contributed by atoms with Crippen molar-refractivity contribution in [2.45, 2.75) is 0 Å². The van der Waals surface area contributed by atoms with Crippen LogP contribution in [-0.2, 0) is 0 Å². The van der Waals surface area contributed by atoms with Crippen molar-refractivity contribution in [3.63, 3.8) is 0 Å². The number of rotatable bonds is 1. The van der Waals surface area contributed by atoms with Crippen molar-refractivity contribution >= 4 is 53.9 Å². The molecule has 0 aliphatic carbocycles. The second kappa shape index (κ2) is 5.71. The highest BCUT2D eigenvalue weighted by Crippen LogP contribution is 2.37. The molecule has 28 heavy (non-hydrogen) atoms. The summed E-state index contributed by atoms with van der Waals surface area (Å²) in [7, 11) is 1.71. The van der Waals surface area contributed by atoms with Crippen LogP contribution in [0.4, 0.5) is 0 Å². The van der Waals surface area contributed by atoms with Crippen LogP contribution in [0, 0.1) is 0 Å². The largest absolute Gasteiger partial charge is 0.497 e. The first kappa shape index (κ1) is 15.5. The fourth-order valence-electron chi connectivity index (χ4n) is 4.57. The lowest BCUT2D eigenvalue weighted by atomic mass is 9.92. The Bertz CT molecular complexity index is 1540. The predicted molar refractivity (Wildman–Crippen MR) is 121 cm³/mol. The number of methoxy groups -OCH3 is 1. The molecule has 0 spiro atoms. The van der Waals surface area contributed by atoms with Crippen molar-refractivity contribution in [2.24, 2.45) is 0 Å². The first-order valence-corrected chi connectivity index (χ1v) is 9.57. The highest BCUT2D eigenvalue weighted by molar-refractivity contribution is 6.24. The first-order valence-electron chi connectivity index (χ1n) is 9.57. The number of benzene rings is 6. The van der Waals surface area contributed by atoms with E-state index < -0.39 is 0 Å².